The van der Waals surface area contributed by atoms with Crippen molar-refractivity contribution in [2.75, 3.05) is 26.7 Å². The molecule has 0 amide bonds. The Morgan fingerprint density at radius 3 is 2.41 bits per heavy atom. The molecule has 3 unspecified atom stereocenters. The number of nitrogens with zero attached hydrogens (tertiary/aromatic N) is 1. The normalized spacial score (nSPS) is 45.4. The minimum atomic E-state index is -0.603. The minimum absolute atomic E-state index is 0.169. The number of piperidine rings is 1. The summed E-state index contributed by atoms with van der Waals surface area (Å²) < 4.78 is 0. The molecular formula is C14H25NO2. The lowest BCUT2D eigenvalue weighted by molar-refractivity contribution is -0.162. The largest absolute Gasteiger partial charge is 0.396 e. The highest BCUT2D eigenvalue weighted by atomic mass is 16.3. The van der Waals surface area contributed by atoms with Gasteiger partial charge in [-0.3, -0.25) is 0 Å². The van der Waals surface area contributed by atoms with Crippen molar-refractivity contribution < 1.29 is 10.2 Å². The SMILES string of the molecule is CN1CCC(O)(C2(CO)CC3CCC2C3)CC1. The van der Waals surface area contributed by atoms with Crippen LogP contribution < -0.4 is 0 Å². The Labute approximate surface area is 104 Å². The molecule has 0 aromatic carbocycles. The van der Waals surface area contributed by atoms with Crippen molar-refractivity contribution in [3.63, 3.8) is 0 Å². The van der Waals surface area contributed by atoms with Crippen LogP contribution in [0.2, 0.25) is 0 Å². The van der Waals surface area contributed by atoms with Crippen LogP contribution >= 0.6 is 0 Å². The third-order valence-electron chi connectivity index (χ3n) is 6.00. The van der Waals surface area contributed by atoms with E-state index >= 15 is 0 Å². The molecule has 17 heavy (non-hydrogen) atoms. The molecule has 2 aliphatic carbocycles. The van der Waals surface area contributed by atoms with Crippen molar-refractivity contribution in [2.24, 2.45) is 17.3 Å². The van der Waals surface area contributed by atoms with Crippen LogP contribution in [-0.2, 0) is 0 Å². The molecule has 3 heteroatoms. The van der Waals surface area contributed by atoms with Crippen molar-refractivity contribution in [1.82, 2.24) is 4.90 Å². The molecule has 2 bridgehead atoms. The third-order valence-corrected chi connectivity index (χ3v) is 6.00. The second-order valence-electron chi connectivity index (χ2n) is 6.73. The molecule has 0 radical (unpaired) electrons. The molecule has 3 fully saturated rings. The summed E-state index contributed by atoms with van der Waals surface area (Å²) in [6, 6.07) is 0. The number of aliphatic hydroxyl groups is 2. The fraction of sp³-hybridized carbons (Fsp3) is 1.00. The molecule has 2 N–H and O–H groups in total. The molecule has 3 aliphatic rings. The first kappa shape index (κ1) is 11.9. The van der Waals surface area contributed by atoms with Gasteiger partial charge in [0.1, 0.15) is 0 Å². The quantitative estimate of drug-likeness (QED) is 0.762. The Kier molecular flexibility index (Phi) is 2.77. The van der Waals surface area contributed by atoms with Crippen LogP contribution in [0.1, 0.15) is 38.5 Å². The van der Waals surface area contributed by atoms with Crippen LogP contribution in [0.15, 0.2) is 0 Å². The lowest BCUT2D eigenvalue weighted by Gasteiger charge is -2.52. The van der Waals surface area contributed by atoms with Gasteiger partial charge in [0.15, 0.2) is 0 Å². The van der Waals surface area contributed by atoms with E-state index in [0.717, 1.165) is 38.3 Å². The van der Waals surface area contributed by atoms with E-state index in [-0.39, 0.29) is 12.0 Å². The number of fused-ring (bicyclic) bond motifs is 2. The number of hydrogen-bond donors (Lipinski definition) is 2. The second-order valence-corrected chi connectivity index (χ2v) is 6.73. The fourth-order valence-corrected chi connectivity index (χ4v) is 4.84. The molecule has 1 heterocycles. The summed E-state index contributed by atoms with van der Waals surface area (Å²) in [4.78, 5) is 2.28. The summed E-state index contributed by atoms with van der Waals surface area (Å²) in [5.74, 6) is 1.35. The van der Waals surface area contributed by atoms with Crippen molar-refractivity contribution in [1.29, 1.82) is 0 Å². The first-order chi connectivity index (χ1) is 8.10. The molecule has 0 aromatic heterocycles. The summed E-state index contributed by atoms with van der Waals surface area (Å²) in [6.07, 6.45) is 6.54. The molecule has 0 aromatic rings. The number of rotatable bonds is 2. The van der Waals surface area contributed by atoms with Crippen LogP contribution in [0.4, 0.5) is 0 Å². The Hall–Kier alpha value is -0.120. The minimum Gasteiger partial charge on any atom is -0.396 e. The van der Waals surface area contributed by atoms with E-state index in [1.807, 2.05) is 0 Å². The summed E-state index contributed by atoms with van der Waals surface area (Å²) in [6.45, 7) is 2.12. The Morgan fingerprint density at radius 1 is 1.24 bits per heavy atom. The van der Waals surface area contributed by atoms with Crippen LogP contribution in [0.3, 0.4) is 0 Å². The van der Waals surface area contributed by atoms with Gasteiger partial charge in [-0.05, 0) is 51.0 Å². The molecule has 98 valence electrons. The average Bonchev–Trinajstić information content (AvgIpc) is 2.93. The van der Waals surface area contributed by atoms with Crippen molar-refractivity contribution in [3.05, 3.63) is 0 Å². The Morgan fingerprint density at radius 2 is 1.94 bits per heavy atom. The maximum Gasteiger partial charge on any atom is 0.0752 e. The third kappa shape index (κ3) is 1.59. The highest BCUT2D eigenvalue weighted by molar-refractivity contribution is 5.11. The van der Waals surface area contributed by atoms with Gasteiger partial charge >= 0.3 is 0 Å². The van der Waals surface area contributed by atoms with Gasteiger partial charge in [-0.1, -0.05) is 6.42 Å². The van der Waals surface area contributed by atoms with Gasteiger partial charge in [-0.2, -0.15) is 0 Å². The van der Waals surface area contributed by atoms with Gasteiger partial charge in [-0.15, -0.1) is 0 Å². The first-order valence-electron chi connectivity index (χ1n) is 7.11. The lowest BCUT2D eigenvalue weighted by Crippen LogP contribution is -2.58. The molecular weight excluding hydrogens is 214 g/mol. The molecule has 1 saturated heterocycles. The highest BCUT2D eigenvalue weighted by Crippen LogP contribution is 2.62. The topological polar surface area (TPSA) is 43.7 Å². The van der Waals surface area contributed by atoms with Crippen molar-refractivity contribution >= 4 is 0 Å². The number of aliphatic hydroxyl groups excluding tert-OH is 1. The lowest BCUT2D eigenvalue weighted by atomic mass is 9.59. The van der Waals surface area contributed by atoms with E-state index in [4.69, 9.17) is 0 Å². The Bertz CT molecular complexity index is 299. The Balaban J connectivity index is 1.85. The number of hydrogen-bond acceptors (Lipinski definition) is 3. The predicted octanol–water partition coefficient (Wildman–Crippen LogP) is 1.24. The maximum absolute atomic E-state index is 11.1. The summed E-state index contributed by atoms with van der Waals surface area (Å²) in [5.41, 5.74) is -0.773. The molecule has 2 saturated carbocycles. The monoisotopic (exact) mass is 239 g/mol. The maximum atomic E-state index is 11.1. The van der Waals surface area contributed by atoms with Crippen molar-refractivity contribution in [2.45, 2.75) is 44.1 Å². The highest BCUT2D eigenvalue weighted by Gasteiger charge is 2.61. The van der Waals surface area contributed by atoms with Gasteiger partial charge in [-0.25, -0.2) is 0 Å². The summed E-state index contributed by atoms with van der Waals surface area (Å²) >= 11 is 0. The van der Waals surface area contributed by atoms with Gasteiger partial charge in [0.2, 0.25) is 0 Å². The summed E-state index contributed by atoms with van der Waals surface area (Å²) in [7, 11) is 2.12. The number of likely N-dealkylation sites (tertiary alicyclic amines) is 1. The van der Waals surface area contributed by atoms with E-state index in [2.05, 4.69) is 11.9 Å². The molecule has 3 atom stereocenters. The van der Waals surface area contributed by atoms with Crippen LogP contribution in [0.25, 0.3) is 0 Å². The zero-order chi connectivity index (χ0) is 12.1. The smallest absolute Gasteiger partial charge is 0.0752 e. The zero-order valence-corrected chi connectivity index (χ0v) is 10.9. The second kappa shape index (κ2) is 3.94. The van der Waals surface area contributed by atoms with Crippen LogP contribution in [-0.4, -0.2) is 47.5 Å². The van der Waals surface area contributed by atoms with Crippen molar-refractivity contribution in [3.8, 4) is 0 Å². The van der Waals surface area contributed by atoms with Gasteiger partial charge in [0.05, 0.1) is 12.2 Å². The van der Waals surface area contributed by atoms with Gasteiger partial charge in [0.25, 0.3) is 0 Å². The van der Waals surface area contributed by atoms with E-state index in [1.54, 1.807) is 0 Å². The van der Waals surface area contributed by atoms with E-state index in [1.165, 1.54) is 19.3 Å². The van der Waals surface area contributed by atoms with E-state index in [0.29, 0.717) is 5.92 Å². The molecule has 3 rings (SSSR count). The predicted molar refractivity (Wildman–Crippen MR) is 66.6 cm³/mol. The zero-order valence-electron chi connectivity index (χ0n) is 10.9. The standard InChI is InChI=1S/C14H25NO2/c1-15-6-4-14(17,5-7-15)13(10-16)9-11-2-3-12(13)8-11/h11-12,16-17H,2-10H2,1H3. The average molecular weight is 239 g/mol. The molecule has 0 spiro atoms. The van der Waals surface area contributed by atoms with E-state index < -0.39 is 5.60 Å². The molecule has 3 nitrogen and oxygen atoms in total. The van der Waals surface area contributed by atoms with E-state index in [9.17, 15) is 10.2 Å². The van der Waals surface area contributed by atoms with Crippen LogP contribution in [0.5, 0.6) is 0 Å². The first-order valence-corrected chi connectivity index (χ1v) is 7.11. The van der Waals surface area contributed by atoms with Gasteiger partial charge < -0.3 is 15.1 Å². The van der Waals surface area contributed by atoms with Gasteiger partial charge in [0, 0.05) is 18.5 Å². The fourth-order valence-electron chi connectivity index (χ4n) is 4.84. The molecule has 1 aliphatic heterocycles. The summed E-state index contributed by atoms with van der Waals surface area (Å²) in [5, 5.41) is 21.0. The van der Waals surface area contributed by atoms with Crippen LogP contribution in [0, 0.1) is 17.3 Å².